The minimum absolute atomic E-state index is 0.0397. The molecule has 1 atom stereocenters. The van der Waals surface area contributed by atoms with E-state index in [1.807, 2.05) is 0 Å². The van der Waals surface area contributed by atoms with Gasteiger partial charge in [0.1, 0.15) is 0 Å². The van der Waals surface area contributed by atoms with Crippen molar-refractivity contribution in [1.82, 2.24) is 4.90 Å². The van der Waals surface area contributed by atoms with Gasteiger partial charge in [-0.25, -0.2) is 8.78 Å². The van der Waals surface area contributed by atoms with E-state index in [1.165, 1.54) is 11.8 Å². The predicted molar refractivity (Wildman–Crippen MR) is 41.0 cm³/mol. The number of carbonyl (C=O) groups is 1. The van der Waals surface area contributed by atoms with Gasteiger partial charge in [-0.05, 0) is 13.3 Å². The predicted octanol–water partition coefficient (Wildman–Crippen LogP) is 1.65. The number of hydrogen-bond donors (Lipinski definition) is 0. The van der Waals surface area contributed by atoms with Gasteiger partial charge in [0.15, 0.2) is 0 Å². The van der Waals surface area contributed by atoms with E-state index in [-0.39, 0.29) is 18.4 Å². The summed E-state index contributed by atoms with van der Waals surface area (Å²) in [5.74, 6) is -2.94. The Morgan fingerprint density at radius 3 is 2.58 bits per heavy atom. The van der Waals surface area contributed by atoms with Crippen LogP contribution in [0.4, 0.5) is 8.78 Å². The molecule has 1 unspecified atom stereocenters. The monoisotopic (exact) mass is 177 g/mol. The Labute approximate surface area is 70.5 Å². The summed E-state index contributed by atoms with van der Waals surface area (Å²) in [4.78, 5) is 12.1. The maximum Gasteiger partial charge on any atom is 0.265 e. The Kier molecular flexibility index (Phi) is 2.35. The van der Waals surface area contributed by atoms with Gasteiger partial charge in [0.2, 0.25) is 5.91 Å². The highest BCUT2D eigenvalue weighted by atomic mass is 19.3. The van der Waals surface area contributed by atoms with Crippen LogP contribution in [0.2, 0.25) is 0 Å². The summed E-state index contributed by atoms with van der Waals surface area (Å²) in [5, 5.41) is 0. The number of alkyl halides is 2. The summed E-state index contributed by atoms with van der Waals surface area (Å²) < 4.78 is 25.6. The lowest BCUT2D eigenvalue weighted by molar-refractivity contribution is -0.144. The normalized spacial score (nSPS) is 28.7. The van der Waals surface area contributed by atoms with Crippen molar-refractivity contribution < 1.29 is 13.6 Å². The fourth-order valence-electron chi connectivity index (χ4n) is 1.48. The summed E-state index contributed by atoms with van der Waals surface area (Å²) in [6.07, 6.45) is 0.296. The second-order valence-electron chi connectivity index (χ2n) is 3.39. The number of hydrogen-bond acceptors (Lipinski definition) is 1. The van der Waals surface area contributed by atoms with Crippen molar-refractivity contribution in [3.05, 3.63) is 0 Å². The van der Waals surface area contributed by atoms with Gasteiger partial charge in [-0.15, -0.1) is 0 Å². The molecule has 0 saturated carbocycles. The smallest absolute Gasteiger partial charge is 0.265 e. The van der Waals surface area contributed by atoms with Crippen molar-refractivity contribution in [3.63, 3.8) is 0 Å². The molecule has 0 bridgehead atoms. The number of halogens is 2. The van der Waals surface area contributed by atoms with Gasteiger partial charge in [-0.3, -0.25) is 4.79 Å². The molecule has 2 nitrogen and oxygen atoms in total. The van der Waals surface area contributed by atoms with Crippen LogP contribution >= 0.6 is 0 Å². The van der Waals surface area contributed by atoms with Crippen molar-refractivity contribution >= 4 is 5.91 Å². The van der Waals surface area contributed by atoms with Crippen molar-refractivity contribution in [3.8, 4) is 0 Å². The maximum absolute atomic E-state index is 12.8. The third kappa shape index (κ3) is 1.93. The standard InChI is InChI=1S/C8H13F2NO/c1-6-3-4-8(9,10)5-11(6)7(2)12/h6H,3-5H2,1-2H3. The van der Waals surface area contributed by atoms with Crippen LogP contribution in [0.15, 0.2) is 0 Å². The first-order chi connectivity index (χ1) is 5.42. The van der Waals surface area contributed by atoms with E-state index in [9.17, 15) is 13.6 Å². The van der Waals surface area contributed by atoms with Crippen LogP contribution in [0.1, 0.15) is 26.7 Å². The molecule has 1 rings (SSSR count). The highest BCUT2D eigenvalue weighted by molar-refractivity contribution is 5.73. The zero-order chi connectivity index (χ0) is 9.35. The van der Waals surface area contributed by atoms with E-state index in [1.54, 1.807) is 6.92 Å². The highest BCUT2D eigenvalue weighted by Crippen LogP contribution is 2.29. The Bertz CT molecular complexity index is 193. The molecule has 0 N–H and O–H groups in total. The summed E-state index contributed by atoms with van der Waals surface area (Å²) in [7, 11) is 0. The van der Waals surface area contributed by atoms with E-state index >= 15 is 0 Å². The first-order valence-electron chi connectivity index (χ1n) is 4.07. The molecule has 0 aromatic rings. The third-order valence-corrected chi connectivity index (χ3v) is 2.27. The quantitative estimate of drug-likeness (QED) is 0.551. The molecule has 0 radical (unpaired) electrons. The number of piperidine rings is 1. The van der Waals surface area contributed by atoms with Gasteiger partial charge in [-0.2, -0.15) is 0 Å². The Balaban J connectivity index is 2.66. The van der Waals surface area contributed by atoms with Gasteiger partial charge < -0.3 is 4.90 Å². The molecular weight excluding hydrogens is 164 g/mol. The highest BCUT2D eigenvalue weighted by Gasteiger charge is 2.39. The van der Waals surface area contributed by atoms with Gasteiger partial charge >= 0.3 is 0 Å². The van der Waals surface area contributed by atoms with Crippen molar-refractivity contribution in [2.24, 2.45) is 0 Å². The molecule has 4 heteroatoms. The molecule has 1 saturated heterocycles. The lowest BCUT2D eigenvalue weighted by Gasteiger charge is -2.37. The van der Waals surface area contributed by atoms with E-state index in [2.05, 4.69) is 0 Å². The van der Waals surface area contributed by atoms with Gasteiger partial charge in [0.25, 0.3) is 5.92 Å². The first-order valence-corrected chi connectivity index (χ1v) is 4.07. The molecule has 0 spiro atoms. The van der Waals surface area contributed by atoms with Crippen molar-refractivity contribution in [2.45, 2.75) is 38.7 Å². The second kappa shape index (κ2) is 2.99. The SMILES string of the molecule is CC(=O)N1CC(F)(F)CCC1C. The fraction of sp³-hybridized carbons (Fsp3) is 0.875. The second-order valence-corrected chi connectivity index (χ2v) is 3.39. The minimum Gasteiger partial charge on any atom is -0.334 e. The maximum atomic E-state index is 12.8. The summed E-state index contributed by atoms with van der Waals surface area (Å²) in [6, 6.07) is -0.0397. The lowest BCUT2D eigenvalue weighted by atomic mass is 10.0. The number of likely N-dealkylation sites (tertiary alicyclic amines) is 1. The molecule has 1 heterocycles. The van der Waals surface area contributed by atoms with E-state index in [4.69, 9.17) is 0 Å². The van der Waals surface area contributed by atoms with Gasteiger partial charge in [0.05, 0.1) is 6.54 Å². The van der Waals surface area contributed by atoms with Crippen LogP contribution in [0.25, 0.3) is 0 Å². The molecule has 70 valence electrons. The Morgan fingerprint density at radius 1 is 1.58 bits per heavy atom. The number of nitrogens with zero attached hydrogens (tertiary/aromatic N) is 1. The Hall–Kier alpha value is -0.670. The average Bonchev–Trinajstić information content (AvgIpc) is 1.94. The van der Waals surface area contributed by atoms with Crippen LogP contribution in [-0.2, 0) is 4.79 Å². The molecule has 0 aromatic carbocycles. The van der Waals surface area contributed by atoms with Crippen LogP contribution in [-0.4, -0.2) is 29.3 Å². The molecule has 1 aliphatic rings. The van der Waals surface area contributed by atoms with Crippen molar-refractivity contribution in [2.75, 3.05) is 6.54 Å². The summed E-state index contributed by atoms with van der Waals surface area (Å²) in [5.41, 5.74) is 0. The molecule has 1 fully saturated rings. The number of amides is 1. The van der Waals surface area contributed by atoms with E-state index in [0.29, 0.717) is 6.42 Å². The average molecular weight is 177 g/mol. The van der Waals surface area contributed by atoms with Gasteiger partial charge in [0, 0.05) is 19.4 Å². The third-order valence-electron chi connectivity index (χ3n) is 2.27. The van der Waals surface area contributed by atoms with Crippen molar-refractivity contribution in [1.29, 1.82) is 0 Å². The zero-order valence-electron chi connectivity index (χ0n) is 7.31. The van der Waals surface area contributed by atoms with Crippen LogP contribution in [0.3, 0.4) is 0 Å². The summed E-state index contributed by atoms with van der Waals surface area (Å²) in [6.45, 7) is 2.72. The first kappa shape index (κ1) is 9.42. The minimum atomic E-state index is -2.68. The topological polar surface area (TPSA) is 20.3 Å². The number of rotatable bonds is 0. The zero-order valence-corrected chi connectivity index (χ0v) is 7.31. The molecular formula is C8H13F2NO. The summed E-state index contributed by atoms with van der Waals surface area (Å²) >= 11 is 0. The van der Waals surface area contributed by atoms with E-state index in [0.717, 1.165) is 0 Å². The molecule has 1 amide bonds. The van der Waals surface area contributed by atoms with Gasteiger partial charge in [-0.1, -0.05) is 0 Å². The molecule has 0 aliphatic carbocycles. The Morgan fingerprint density at radius 2 is 2.17 bits per heavy atom. The van der Waals surface area contributed by atoms with Crippen LogP contribution in [0, 0.1) is 0 Å². The largest absolute Gasteiger partial charge is 0.334 e. The number of carbonyl (C=O) groups excluding carboxylic acids is 1. The molecule has 1 aliphatic heterocycles. The van der Waals surface area contributed by atoms with Crippen LogP contribution in [0.5, 0.6) is 0 Å². The fourth-order valence-corrected chi connectivity index (χ4v) is 1.48. The van der Waals surface area contributed by atoms with E-state index < -0.39 is 12.5 Å². The molecule has 0 aromatic heterocycles. The lowest BCUT2D eigenvalue weighted by Crippen LogP contribution is -2.49. The van der Waals surface area contributed by atoms with Crippen LogP contribution < -0.4 is 0 Å². The molecule has 12 heavy (non-hydrogen) atoms.